The molecule has 2 aliphatic rings. The van der Waals surface area contributed by atoms with E-state index in [1.54, 1.807) is 24.3 Å². The molecule has 0 radical (unpaired) electrons. The van der Waals surface area contributed by atoms with Crippen molar-refractivity contribution in [2.45, 2.75) is 36.0 Å². The Hall–Kier alpha value is -4.94. The first-order valence-corrected chi connectivity index (χ1v) is 15.8. The van der Waals surface area contributed by atoms with Gasteiger partial charge < -0.3 is 15.4 Å². The van der Waals surface area contributed by atoms with Crippen LogP contribution in [0.4, 0.5) is 4.39 Å². The molecule has 6 rings (SSSR count). The van der Waals surface area contributed by atoms with E-state index in [2.05, 4.69) is 5.32 Å². The molecule has 2 fully saturated rings. The molecular formula is C33H29FN4O6S. The minimum absolute atomic E-state index is 0.0112. The molecule has 2 amide bonds. The summed E-state index contributed by atoms with van der Waals surface area (Å²) in [6.07, 6.45) is 1.24. The Balaban J connectivity index is 1.24. The van der Waals surface area contributed by atoms with Crippen LogP contribution in [0.3, 0.4) is 0 Å². The number of carbonyl (C=O) groups is 3. The summed E-state index contributed by atoms with van der Waals surface area (Å²) in [5, 5.41) is 14.5. The fourth-order valence-electron chi connectivity index (χ4n) is 6.02. The average Bonchev–Trinajstić information content (AvgIpc) is 3.63. The van der Waals surface area contributed by atoms with Crippen LogP contribution < -0.4 is 10.0 Å². The van der Waals surface area contributed by atoms with Gasteiger partial charge in [0.1, 0.15) is 17.9 Å². The van der Waals surface area contributed by atoms with Gasteiger partial charge >= 0.3 is 15.0 Å². The lowest BCUT2D eigenvalue weighted by molar-refractivity contribution is -0.646. The largest absolute Gasteiger partial charge is 0.618 e. The van der Waals surface area contributed by atoms with Crippen LogP contribution in [-0.4, -0.2) is 66.4 Å². The van der Waals surface area contributed by atoms with E-state index in [4.69, 9.17) is 0 Å². The lowest BCUT2D eigenvalue weighted by Gasteiger charge is -2.28. The molecule has 3 aromatic carbocycles. The van der Waals surface area contributed by atoms with Crippen LogP contribution in [0.25, 0.3) is 11.1 Å². The minimum atomic E-state index is -4.34. The molecular weight excluding hydrogens is 599 g/mol. The Morgan fingerprint density at radius 3 is 2.29 bits per heavy atom. The molecule has 3 heterocycles. The second-order valence-corrected chi connectivity index (χ2v) is 12.9. The maximum atomic E-state index is 14.1. The molecule has 0 spiro atoms. The summed E-state index contributed by atoms with van der Waals surface area (Å²) in [6, 6.07) is 23.0. The molecule has 1 aromatic heterocycles. The highest BCUT2D eigenvalue weighted by molar-refractivity contribution is 7.89. The van der Waals surface area contributed by atoms with Crippen molar-refractivity contribution in [2.24, 2.45) is 0 Å². The van der Waals surface area contributed by atoms with Gasteiger partial charge in [-0.05, 0) is 53.4 Å². The van der Waals surface area contributed by atoms with Gasteiger partial charge in [0.05, 0.1) is 12.6 Å². The van der Waals surface area contributed by atoms with E-state index in [9.17, 15) is 32.4 Å². The van der Waals surface area contributed by atoms with E-state index < -0.39 is 63.1 Å². The molecule has 0 saturated carbocycles. The van der Waals surface area contributed by atoms with E-state index >= 15 is 0 Å². The quantitative estimate of drug-likeness (QED) is 0.236. The predicted octanol–water partition coefficient (Wildman–Crippen LogP) is 2.71. The van der Waals surface area contributed by atoms with Crippen molar-refractivity contribution in [1.82, 2.24) is 14.5 Å². The van der Waals surface area contributed by atoms with E-state index in [-0.39, 0.29) is 24.1 Å². The van der Waals surface area contributed by atoms with Crippen LogP contribution in [0.1, 0.15) is 22.3 Å². The smallest absolute Gasteiger partial charge is 0.323 e. The van der Waals surface area contributed by atoms with Gasteiger partial charge in [-0.2, -0.15) is 9.04 Å². The third-order valence-electron chi connectivity index (χ3n) is 8.23. The Bertz CT molecular complexity index is 1850. The number of hydrogen-bond acceptors (Lipinski definition) is 6. The van der Waals surface area contributed by atoms with Gasteiger partial charge in [-0.3, -0.25) is 14.4 Å². The number of benzene rings is 3. The fraction of sp³-hybridized carbons (Fsp3) is 0.212. The van der Waals surface area contributed by atoms with Crippen molar-refractivity contribution in [2.75, 3.05) is 13.1 Å². The first-order valence-electron chi connectivity index (χ1n) is 14.4. The number of carbonyl (C=O) groups excluding carboxylic acids is 3. The number of Topliss-reactive ketones (excluding diaryl/α,β-unsaturated/α-hetero) is 1. The summed E-state index contributed by atoms with van der Waals surface area (Å²) in [5.74, 6) is -2.02. The number of rotatable bonds is 8. The number of nitrogens with one attached hydrogen (secondary N) is 1. The molecule has 0 aliphatic carbocycles. The second kappa shape index (κ2) is 12.2. The standard InChI is InChI=1S/C33H29FN4O6S/c34-26-15-9-22(10-16-26)20-27(35-32(40)25-13-11-24(12-14-25)23-6-2-1-3-7-23)33(41)36-19-17-28-31(36)29(39)21-38(28)45(43,44)30-8-4-5-18-37(30)42/h1-16,18,27-28,31H,17,19-21H2,(H,35,40). The number of nitrogens with zero attached hydrogens (tertiary/aromatic N) is 3. The van der Waals surface area contributed by atoms with E-state index in [0.717, 1.165) is 21.6 Å². The Labute approximate surface area is 259 Å². The van der Waals surface area contributed by atoms with Gasteiger partial charge in [0.25, 0.3) is 5.91 Å². The maximum absolute atomic E-state index is 14.1. The number of fused-ring (bicyclic) bond motifs is 1. The number of halogens is 1. The zero-order chi connectivity index (χ0) is 31.7. The predicted molar refractivity (Wildman–Crippen MR) is 161 cm³/mol. The van der Waals surface area contributed by atoms with Gasteiger partial charge in [-0.1, -0.05) is 54.6 Å². The lowest BCUT2D eigenvalue weighted by atomic mass is 10.0. The summed E-state index contributed by atoms with van der Waals surface area (Å²) in [4.78, 5) is 42.0. The molecule has 0 bridgehead atoms. The van der Waals surface area contributed by atoms with E-state index in [1.807, 2.05) is 30.3 Å². The highest BCUT2D eigenvalue weighted by Gasteiger charge is 2.55. The van der Waals surface area contributed by atoms with Crippen molar-refractivity contribution in [1.29, 1.82) is 0 Å². The number of amides is 2. The Kier molecular flexibility index (Phi) is 8.17. The first-order chi connectivity index (χ1) is 21.6. The number of sulfonamides is 1. The first kappa shape index (κ1) is 30.1. The average molecular weight is 629 g/mol. The van der Waals surface area contributed by atoms with Crippen LogP contribution in [0, 0.1) is 11.0 Å². The molecule has 3 atom stereocenters. The molecule has 2 saturated heterocycles. The van der Waals surface area contributed by atoms with E-state index in [0.29, 0.717) is 11.1 Å². The summed E-state index contributed by atoms with van der Waals surface area (Å²) in [6.45, 7) is -0.418. The van der Waals surface area contributed by atoms with Gasteiger partial charge in [0, 0.05) is 30.7 Å². The molecule has 12 heteroatoms. The third kappa shape index (κ3) is 5.94. The Morgan fingerprint density at radius 1 is 0.933 bits per heavy atom. The summed E-state index contributed by atoms with van der Waals surface area (Å²) >= 11 is 0. The molecule has 10 nitrogen and oxygen atoms in total. The Morgan fingerprint density at radius 2 is 1.60 bits per heavy atom. The lowest BCUT2D eigenvalue weighted by Crippen LogP contribution is -2.53. The van der Waals surface area contributed by atoms with Gasteiger partial charge in [0.2, 0.25) is 5.91 Å². The zero-order valence-electron chi connectivity index (χ0n) is 24.0. The van der Waals surface area contributed by atoms with Crippen LogP contribution >= 0.6 is 0 Å². The number of hydrogen-bond donors (Lipinski definition) is 1. The van der Waals surface area contributed by atoms with Gasteiger partial charge in [-0.25, -0.2) is 12.8 Å². The molecule has 3 unspecified atom stereocenters. The zero-order valence-corrected chi connectivity index (χ0v) is 24.8. The third-order valence-corrected chi connectivity index (χ3v) is 10.1. The number of ketones is 1. The molecule has 4 aromatic rings. The summed E-state index contributed by atoms with van der Waals surface area (Å²) < 4.78 is 41.6. The number of aromatic nitrogens is 1. The van der Waals surface area contributed by atoms with Crippen LogP contribution in [0.2, 0.25) is 0 Å². The molecule has 45 heavy (non-hydrogen) atoms. The van der Waals surface area contributed by atoms with Gasteiger partial charge in [0.15, 0.2) is 12.0 Å². The van der Waals surface area contributed by atoms with Crippen LogP contribution in [0.5, 0.6) is 0 Å². The van der Waals surface area contributed by atoms with Crippen molar-refractivity contribution in [3.8, 4) is 11.1 Å². The van der Waals surface area contributed by atoms with E-state index in [1.165, 1.54) is 47.4 Å². The summed E-state index contributed by atoms with van der Waals surface area (Å²) in [7, 11) is -4.34. The van der Waals surface area contributed by atoms with Crippen molar-refractivity contribution < 1.29 is 31.9 Å². The second-order valence-electron chi connectivity index (χ2n) is 11.0. The summed E-state index contributed by atoms with van der Waals surface area (Å²) in [5.41, 5.74) is 2.78. The molecule has 2 aliphatic heterocycles. The van der Waals surface area contributed by atoms with Crippen molar-refractivity contribution in [3.05, 3.63) is 125 Å². The van der Waals surface area contributed by atoms with Crippen LogP contribution in [0.15, 0.2) is 108 Å². The highest BCUT2D eigenvalue weighted by Crippen LogP contribution is 2.34. The van der Waals surface area contributed by atoms with Crippen molar-refractivity contribution in [3.63, 3.8) is 0 Å². The fourth-order valence-corrected chi connectivity index (χ4v) is 7.67. The van der Waals surface area contributed by atoms with Crippen molar-refractivity contribution >= 4 is 27.6 Å². The number of likely N-dealkylation sites (tertiary alicyclic amines) is 1. The van der Waals surface area contributed by atoms with Crippen LogP contribution in [-0.2, 0) is 26.0 Å². The monoisotopic (exact) mass is 628 g/mol. The minimum Gasteiger partial charge on any atom is -0.618 e. The SMILES string of the molecule is O=C(NC(Cc1ccc(F)cc1)C(=O)N1CCC2C1C(=O)CN2S(=O)(=O)c1cccc[n+]1[O-])c1ccc(-c2ccccc2)cc1. The molecule has 230 valence electrons. The topological polar surface area (TPSA) is 131 Å². The highest BCUT2D eigenvalue weighted by atomic mass is 32.2. The normalized spacial score (nSPS) is 18.9. The number of pyridine rings is 1. The molecule has 1 N–H and O–H groups in total. The van der Waals surface area contributed by atoms with Gasteiger partial charge in [-0.15, -0.1) is 0 Å². The maximum Gasteiger partial charge on any atom is 0.323 e.